The number of halogens is 3. The van der Waals surface area contributed by atoms with E-state index < -0.39 is 29.0 Å². The van der Waals surface area contributed by atoms with E-state index >= 15 is 0 Å². The summed E-state index contributed by atoms with van der Waals surface area (Å²) in [4.78, 5) is 16.1. The molecule has 3 rings (SSSR count). The van der Waals surface area contributed by atoms with Crippen molar-refractivity contribution in [3.05, 3.63) is 71.5 Å². The van der Waals surface area contributed by atoms with Crippen molar-refractivity contribution in [2.24, 2.45) is 0 Å². The Labute approximate surface area is 160 Å². The molecule has 4 nitrogen and oxygen atoms in total. The second-order valence-corrected chi connectivity index (χ2v) is 6.67. The third-order valence-electron chi connectivity index (χ3n) is 4.29. The summed E-state index contributed by atoms with van der Waals surface area (Å²) in [6, 6.07) is 9.64. The van der Waals surface area contributed by atoms with E-state index in [0.717, 1.165) is 17.7 Å². The molecule has 3 aromatic rings. The van der Waals surface area contributed by atoms with E-state index in [1.54, 1.807) is 6.20 Å². The molecule has 0 bridgehead atoms. The van der Waals surface area contributed by atoms with Gasteiger partial charge in [-0.15, -0.1) is 0 Å². The predicted molar refractivity (Wildman–Crippen MR) is 99.3 cm³/mol. The lowest BCUT2D eigenvalue weighted by Crippen LogP contribution is -2.14. The van der Waals surface area contributed by atoms with E-state index in [1.165, 1.54) is 5.56 Å². The van der Waals surface area contributed by atoms with E-state index in [1.807, 2.05) is 24.3 Å². The molecule has 0 aliphatic carbocycles. The Kier molecular flexibility index (Phi) is 5.82. The molecule has 0 fully saturated rings. The van der Waals surface area contributed by atoms with Crippen molar-refractivity contribution in [2.45, 2.75) is 32.6 Å². The second-order valence-electron chi connectivity index (χ2n) is 6.67. The molecule has 7 heteroatoms. The summed E-state index contributed by atoms with van der Waals surface area (Å²) >= 11 is 0. The lowest BCUT2D eigenvalue weighted by Gasteiger charge is -2.06. The van der Waals surface area contributed by atoms with Gasteiger partial charge in [0.05, 0.1) is 11.9 Å². The van der Waals surface area contributed by atoms with Gasteiger partial charge in [0, 0.05) is 18.4 Å². The maximum absolute atomic E-state index is 13.6. The number of aromatic nitrogens is 1. The van der Waals surface area contributed by atoms with E-state index in [0.29, 0.717) is 17.6 Å². The second kappa shape index (κ2) is 8.29. The number of benzene rings is 2. The van der Waals surface area contributed by atoms with Crippen LogP contribution in [0.15, 0.2) is 47.0 Å². The lowest BCUT2D eigenvalue weighted by atomic mass is 10.0. The van der Waals surface area contributed by atoms with Crippen LogP contribution in [-0.4, -0.2) is 10.9 Å². The van der Waals surface area contributed by atoms with Gasteiger partial charge in [-0.3, -0.25) is 4.79 Å². The minimum absolute atomic E-state index is 0.0509. The molecule has 0 spiro atoms. The summed E-state index contributed by atoms with van der Waals surface area (Å²) in [6.07, 6.45) is 1.71. The van der Waals surface area contributed by atoms with Crippen molar-refractivity contribution in [2.75, 3.05) is 5.32 Å². The number of hydrogen-bond acceptors (Lipinski definition) is 3. The van der Waals surface area contributed by atoms with Crippen molar-refractivity contribution in [3.8, 4) is 11.3 Å². The van der Waals surface area contributed by atoms with E-state index in [2.05, 4.69) is 24.1 Å². The molecule has 0 unspecified atom stereocenters. The van der Waals surface area contributed by atoms with Crippen molar-refractivity contribution in [1.82, 2.24) is 4.98 Å². The van der Waals surface area contributed by atoms with Crippen LogP contribution in [0.3, 0.4) is 0 Å². The van der Waals surface area contributed by atoms with Crippen LogP contribution in [0.2, 0.25) is 0 Å². The zero-order chi connectivity index (χ0) is 20.3. The molecule has 0 saturated heterocycles. The number of carbonyl (C=O) groups is 1. The molecule has 28 heavy (non-hydrogen) atoms. The fourth-order valence-corrected chi connectivity index (χ4v) is 2.65. The van der Waals surface area contributed by atoms with Crippen LogP contribution in [0.1, 0.15) is 37.6 Å². The number of oxazole rings is 1. The van der Waals surface area contributed by atoms with E-state index in [9.17, 15) is 18.0 Å². The number of aryl methyl sites for hydroxylation is 1. The maximum atomic E-state index is 13.6. The van der Waals surface area contributed by atoms with Crippen LogP contribution in [0.5, 0.6) is 0 Å². The number of anilines is 1. The molecule has 1 amide bonds. The highest BCUT2D eigenvalue weighted by atomic mass is 19.2. The minimum Gasteiger partial charge on any atom is -0.441 e. The number of hydrogen-bond donors (Lipinski definition) is 1. The van der Waals surface area contributed by atoms with E-state index in [4.69, 9.17) is 4.42 Å². The van der Waals surface area contributed by atoms with Crippen LogP contribution < -0.4 is 5.32 Å². The van der Waals surface area contributed by atoms with Gasteiger partial charge in [-0.1, -0.05) is 38.1 Å². The molecule has 1 aromatic heterocycles. The first-order valence-electron chi connectivity index (χ1n) is 8.83. The number of nitrogens with zero attached hydrogens (tertiary/aromatic N) is 1. The summed E-state index contributed by atoms with van der Waals surface area (Å²) < 4.78 is 45.4. The van der Waals surface area contributed by atoms with E-state index in [-0.39, 0.29) is 12.8 Å². The molecule has 1 N–H and O–H groups in total. The molecule has 0 saturated carbocycles. The summed E-state index contributed by atoms with van der Waals surface area (Å²) in [5.74, 6) is -3.58. The molecule has 2 aromatic carbocycles. The first kappa shape index (κ1) is 19.7. The quantitative estimate of drug-likeness (QED) is 0.571. The predicted octanol–water partition coefficient (Wildman–Crippen LogP) is 5.45. The molecule has 146 valence electrons. The largest absolute Gasteiger partial charge is 0.441 e. The molecular weight excluding hydrogens is 369 g/mol. The first-order chi connectivity index (χ1) is 13.3. The van der Waals surface area contributed by atoms with Crippen LogP contribution in [0, 0.1) is 17.5 Å². The Morgan fingerprint density at radius 2 is 1.79 bits per heavy atom. The topological polar surface area (TPSA) is 55.1 Å². The Balaban J connectivity index is 1.60. The molecule has 0 atom stereocenters. The molecule has 0 aliphatic rings. The number of amides is 1. The molecule has 0 aliphatic heterocycles. The summed E-state index contributed by atoms with van der Waals surface area (Å²) in [5, 5.41) is 2.21. The number of carbonyl (C=O) groups excluding carboxylic acids is 1. The molecule has 1 heterocycles. The van der Waals surface area contributed by atoms with Crippen LogP contribution in [-0.2, 0) is 11.2 Å². The van der Waals surface area contributed by atoms with Gasteiger partial charge in [-0.05, 0) is 23.6 Å². The van der Waals surface area contributed by atoms with Crippen LogP contribution >= 0.6 is 0 Å². The van der Waals surface area contributed by atoms with Crippen molar-refractivity contribution in [3.63, 3.8) is 0 Å². The first-order valence-corrected chi connectivity index (χ1v) is 8.83. The average molecular weight is 388 g/mol. The van der Waals surface area contributed by atoms with Gasteiger partial charge in [0.2, 0.25) is 5.91 Å². The fourth-order valence-electron chi connectivity index (χ4n) is 2.65. The van der Waals surface area contributed by atoms with Gasteiger partial charge >= 0.3 is 0 Å². The monoisotopic (exact) mass is 388 g/mol. The standard InChI is InChI=1S/C21H19F3N2O2/c1-12(2)13-3-5-14(6-4-13)17-11-25-19(28-17)10-9-18(27)26-16-8-7-15(22)20(23)21(16)24/h3-8,11-12H,9-10H2,1-2H3,(H,26,27). The third kappa shape index (κ3) is 4.42. The zero-order valence-corrected chi connectivity index (χ0v) is 15.4. The van der Waals surface area contributed by atoms with Gasteiger partial charge < -0.3 is 9.73 Å². The van der Waals surface area contributed by atoms with Gasteiger partial charge in [-0.25, -0.2) is 18.2 Å². The summed E-state index contributed by atoms with van der Waals surface area (Å²) in [6.45, 7) is 4.22. The SMILES string of the molecule is CC(C)c1ccc(-c2cnc(CCC(=O)Nc3ccc(F)c(F)c3F)o2)cc1. The van der Waals surface area contributed by atoms with Crippen molar-refractivity contribution in [1.29, 1.82) is 0 Å². The Morgan fingerprint density at radius 3 is 2.46 bits per heavy atom. The highest BCUT2D eigenvalue weighted by Gasteiger charge is 2.16. The minimum atomic E-state index is -1.63. The lowest BCUT2D eigenvalue weighted by molar-refractivity contribution is -0.116. The third-order valence-corrected chi connectivity index (χ3v) is 4.29. The van der Waals surface area contributed by atoms with Gasteiger partial charge in [0.1, 0.15) is 0 Å². The molecule has 0 radical (unpaired) electrons. The fraction of sp³-hybridized carbons (Fsp3) is 0.238. The smallest absolute Gasteiger partial charge is 0.224 e. The molecular formula is C21H19F3N2O2. The van der Waals surface area contributed by atoms with Gasteiger partial charge in [-0.2, -0.15) is 0 Å². The highest BCUT2D eigenvalue weighted by Crippen LogP contribution is 2.24. The number of rotatable bonds is 6. The van der Waals surface area contributed by atoms with Gasteiger partial charge in [0.25, 0.3) is 0 Å². The van der Waals surface area contributed by atoms with Crippen LogP contribution in [0.4, 0.5) is 18.9 Å². The normalized spacial score (nSPS) is 11.1. The van der Waals surface area contributed by atoms with Crippen molar-refractivity contribution >= 4 is 11.6 Å². The zero-order valence-electron chi connectivity index (χ0n) is 15.4. The summed E-state index contributed by atoms with van der Waals surface area (Å²) in [7, 11) is 0. The average Bonchev–Trinajstić information content (AvgIpc) is 3.16. The summed E-state index contributed by atoms with van der Waals surface area (Å²) in [5.41, 5.74) is 1.67. The highest BCUT2D eigenvalue weighted by molar-refractivity contribution is 5.90. The van der Waals surface area contributed by atoms with Crippen molar-refractivity contribution < 1.29 is 22.4 Å². The number of nitrogens with one attached hydrogen (secondary N) is 1. The van der Waals surface area contributed by atoms with Gasteiger partial charge in [0.15, 0.2) is 29.1 Å². The van der Waals surface area contributed by atoms with Crippen LogP contribution in [0.25, 0.3) is 11.3 Å². The maximum Gasteiger partial charge on any atom is 0.224 e. The Morgan fingerprint density at radius 1 is 1.07 bits per heavy atom. The Hall–Kier alpha value is -3.09. The Bertz CT molecular complexity index is 982.